The van der Waals surface area contributed by atoms with Gasteiger partial charge in [0.2, 0.25) is 5.88 Å². The zero-order valence-corrected chi connectivity index (χ0v) is 21.5. The summed E-state index contributed by atoms with van der Waals surface area (Å²) < 4.78 is 6.76. The zero-order chi connectivity index (χ0) is 24.3. The van der Waals surface area contributed by atoms with Crippen molar-refractivity contribution >= 4 is 34.5 Å². The van der Waals surface area contributed by atoms with Gasteiger partial charge in [0.15, 0.2) is 0 Å². The van der Waals surface area contributed by atoms with E-state index in [0.29, 0.717) is 28.6 Å². The molecular weight excluding hydrogens is 476 g/mol. The summed E-state index contributed by atoms with van der Waals surface area (Å²) in [5.74, 6) is 8.03. The number of nitrogens with zero attached hydrogens (tertiary/aromatic N) is 1. The van der Waals surface area contributed by atoms with Gasteiger partial charge in [-0.05, 0) is 74.0 Å². The number of ether oxygens (including phenoxy) is 1. The van der Waals surface area contributed by atoms with Gasteiger partial charge in [-0.25, -0.2) is 10.9 Å². The predicted octanol–water partition coefficient (Wildman–Crippen LogP) is 5.46. The molecule has 1 fully saturated rings. The summed E-state index contributed by atoms with van der Waals surface area (Å²) in [7, 11) is 0. The average Bonchev–Trinajstić information content (AvgIpc) is 3.01. The Kier molecular flexibility index (Phi) is 7.43. The Hall–Kier alpha value is -2.39. The molecule has 184 valence electrons. The number of nitrogens with one attached hydrogen (secondary N) is 2. The third-order valence-electron chi connectivity index (χ3n) is 6.82. The van der Waals surface area contributed by atoms with Crippen molar-refractivity contribution in [3.8, 4) is 0 Å². The number of benzene rings is 2. The van der Waals surface area contributed by atoms with E-state index in [-0.39, 0.29) is 10.8 Å². The lowest BCUT2D eigenvalue weighted by Crippen LogP contribution is -2.49. The van der Waals surface area contributed by atoms with Gasteiger partial charge in [-0.1, -0.05) is 59.8 Å². The molecule has 5 rings (SSSR count). The molecule has 3 aliphatic rings. The molecule has 1 aliphatic heterocycles. The highest BCUT2D eigenvalue weighted by Crippen LogP contribution is 2.49. The number of fused-ring (bicyclic) bond motifs is 2. The molecule has 3 bridgehead atoms. The van der Waals surface area contributed by atoms with Crippen LogP contribution in [0.2, 0.25) is 0 Å². The Bertz CT molecular complexity index is 1100. The van der Waals surface area contributed by atoms with Crippen LogP contribution in [0.1, 0.15) is 26.2 Å². The first-order chi connectivity index (χ1) is 17.0. The fourth-order valence-corrected chi connectivity index (χ4v) is 7.56. The number of thioether (sulfide) groups is 2. The van der Waals surface area contributed by atoms with Crippen molar-refractivity contribution in [2.75, 3.05) is 24.7 Å². The zero-order valence-electron chi connectivity index (χ0n) is 19.9. The van der Waals surface area contributed by atoms with Gasteiger partial charge in [-0.3, -0.25) is 4.79 Å². The standard InChI is InChI=1S/C27H32N4O2S2/c1-2-33-24(31(28)22-9-5-3-6-10-22)25(34-23-11-7-4-8-12-23)35-26(32)30-27-14-19-13-20(15-27)21(16-27)18-29-17-19/h3-13,19,21,29H,2,14-18,28H2,1H3,(H,30,32)/b25-24+. The number of amides is 1. The molecule has 35 heavy (non-hydrogen) atoms. The number of para-hydroxylation sites is 1. The first-order valence-electron chi connectivity index (χ1n) is 12.2. The van der Waals surface area contributed by atoms with E-state index < -0.39 is 0 Å². The number of rotatable bonds is 8. The fraction of sp³-hybridized carbons (Fsp3) is 0.370. The van der Waals surface area contributed by atoms with Gasteiger partial charge >= 0.3 is 0 Å². The van der Waals surface area contributed by atoms with E-state index in [4.69, 9.17) is 10.6 Å². The minimum atomic E-state index is -0.151. The predicted molar refractivity (Wildman–Crippen MR) is 145 cm³/mol. The number of hydrogen-bond donors (Lipinski definition) is 3. The van der Waals surface area contributed by atoms with Crippen LogP contribution >= 0.6 is 23.5 Å². The Morgan fingerprint density at radius 2 is 1.89 bits per heavy atom. The molecule has 1 heterocycles. The maximum absolute atomic E-state index is 13.5. The van der Waals surface area contributed by atoms with Crippen molar-refractivity contribution in [1.82, 2.24) is 10.6 Å². The maximum Gasteiger partial charge on any atom is 0.285 e. The molecule has 8 heteroatoms. The molecule has 0 aromatic heterocycles. The van der Waals surface area contributed by atoms with Crippen LogP contribution in [0.3, 0.4) is 0 Å². The number of hydrogen-bond acceptors (Lipinski definition) is 7. The largest absolute Gasteiger partial charge is 0.477 e. The van der Waals surface area contributed by atoms with Crippen LogP contribution in [0.4, 0.5) is 10.5 Å². The van der Waals surface area contributed by atoms with Crippen molar-refractivity contribution in [3.05, 3.63) is 82.4 Å². The molecule has 4 N–H and O–H groups in total. The molecule has 3 atom stereocenters. The summed E-state index contributed by atoms with van der Waals surface area (Å²) in [5.41, 5.74) is 2.15. The third-order valence-corrected chi connectivity index (χ3v) is 8.83. The first-order valence-corrected chi connectivity index (χ1v) is 13.8. The number of carbonyl (C=O) groups excluding carboxylic acids is 1. The van der Waals surface area contributed by atoms with E-state index >= 15 is 0 Å². The maximum atomic E-state index is 13.5. The minimum absolute atomic E-state index is 0.0590. The Balaban J connectivity index is 1.41. The van der Waals surface area contributed by atoms with Crippen molar-refractivity contribution in [2.45, 2.75) is 36.6 Å². The minimum Gasteiger partial charge on any atom is -0.477 e. The Labute approximate surface area is 215 Å². The molecule has 2 aromatic rings. The van der Waals surface area contributed by atoms with E-state index in [0.717, 1.165) is 42.9 Å². The summed E-state index contributed by atoms with van der Waals surface area (Å²) in [6, 6.07) is 19.7. The van der Waals surface area contributed by atoms with E-state index in [2.05, 4.69) is 16.7 Å². The molecule has 2 aromatic carbocycles. The lowest BCUT2D eigenvalue weighted by atomic mass is 9.81. The Morgan fingerprint density at radius 1 is 1.14 bits per heavy atom. The fourth-order valence-electron chi connectivity index (χ4n) is 5.45. The highest BCUT2D eigenvalue weighted by molar-refractivity contribution is 8.29. The number of carbonyl (C=O) groups is 1. The summed E-state index contributed by atoms with van der Waals surface area (Å²) >= 11 is 2.67. The van der Waals surface area contributed by atoms with Gasteiger partial charge in [0.05, 0.1) is 12.3 Å². The molecule has 0 radical (unpaired) electrons. The quantitative estimate of drug-likeness (QED) is 0.144. The van der Waals surface area contributed by atoms with E-state index in [1.165, 1.54) is 34.1 Å². The molecule has 3 unspecified atom stereocenters. The molecule has 0 spiro atoms. The lowest BCUT2D eigenvalue weighted by Gasteiger charge is -2.36. The van der Waals surface area contributed by atoms with Crippen molar-refractivity contribution < 1.29 is 9.53 Å². The molecule has 1 amide bonds. The van der Waals surface area contributed by atoms with Gasteiger partial charge in [0, 0.05) is 23.5 Å². The van der Waals surface area contributed by atoms with Crippen molar-refractivity contribution in [3.63, 3.8) is 0 Å². The van der Waals surface area contributed by atoms with E-state index in [1.54, 1.807) is 0 Å². The summed E-state index contributed by atoms with van der Waals surface area (Å²) in [5, 5.41) is 8.48. The second kappa shape index (κ2) is 10.7. The van der Waals surface area contributed by atoms with Crippen LogP contribution in [0.5, 0.6) is 0 Å². The van der Waals surface area contributed by atoms with Crippen LogP contribution in [0.15, 0.2) is 87.3 Å². The molecule has 1 saturated carbocycles. The topological polar surface area (TPSA) is 79.6 Å². The van der Waals surface area contributed by atoms with Crippen molar-refractivity contribution in [2.24, 2.45) is 17.7 Å². The lowest BCUT2D eigenvalue weighted by molar-refractivity contribution is 0.220. The van der Waals surface area contributed by atoms with Gasteiger partial charge in [-0.2, -0.15) is 0 Å². The van der Waals surface area contributed by atoms with Crippen LogP contribution in [0.25, 0.3) is 0 Å². The highest BCUT2D eigenvalue weighted by atomic mass is 32.2. The smallest absolute Gasteiger partial charge is 0.285 e. The highest BCUT2D eigenvalue weighted by Gasteiger charge is 2.48. The van der Waals surface area contributed by atoms with Gasteiger partial charge < -0.3 is 15.4 Å². The molecule has 0 saturated heterocycles. The van der Waals surface area contributed by atoms with Crippen LogP contribution in [-0.2, 0) is 4.74 Å². The first kappa shape index (κ1) is 24.3. The Morgan fingerprint density at radius 3 is 2.63 bits per heavy atom. The second-order valence-corrected chi connectivity index (χ2v) is 11.7. The second-order valence-electron chi connectivity index (χ2n) is 9.38. The summed E-state index contributed by atoms with van der Waals surface area (Å²) in [6.07, 6.45) is 5.40. The van der Waals surface area contributed by atoms with Crippen LogP contribution < -0.4 is 21.5 Å². The number of nitrogens with two attached hydrogens (primary N) is 1. The third kappa shape index (κ3) is 5.56. The normalized spacial score (nSPS) is 25.4. The van der Waals surface area contributed by atoms with Crippen molar-refractivity contribution in [1.29, 1.82) is 0 Å². The van der Waals surface area contributed by atoms with Crippen LogP contribution in [-0.4, -0.2) is 30.5 Å². The number of hydrazine groups is 1. The molecular formula is C27H32N4O2S2. The molecule has 2 aliphatic carbocycles. The van der Waals surface area contributed by atoms with E-state index in [1.807, 2.05) is 67.6 Å². The van der Waals surface area contributed by atoms with Gasteiger partial charge in [0.1, 0.15) is 4.24 Å². The number of anilines is 1. The monoisotopic (exact) mass is 508 g/mol. The molecule has 6 nitrogen and oxygen atoms in total. The summed E-state index contributed by atoms with van der Waals surface area (Å²) in [4.78, 5) is 14.6. The van der Waals surface area contributed by atoms with E-state index in [9.17, 15) is 4.79 Å². The van der Waals surface area contributed by atoms with Crippen LogP contribution in [0, 0.1) is 11.8 Å². The van der Waals surface area contributed by atoms with Gasteiger partial charge in [-0.15, -0.1) is 0 Å². The average molecular weight is 509 g/mol. The summed E-state index contributed by atoms with van der Waals surface area (Å²) in [6.45, 7) is 4.36. The van der Waals surface area contributed by atoms with Gasteiger partial charge in [0.25, 0.3) is 5.24 Å². The SMILES string of the molecule is CCO/C(=C(/SC(=O)NC12CC3=CC(CNCC3C1)C2)Sc1ccccc1)N(N)c1ccccc1.